The smallest absolute Gasteiger partial charge is 0.251 e. The Morgan fingerprint density at radius 3 is 2.65 bits per heavy atom. The number of aromatic hydroxyl groups is 1. The Kier molecular flexibility index (Phi) is 4.25. The van der Waals surface area contributed by atoms with E-state index in [1.807, 2.05) is 31.2 Å². The van der Waals surface area contributed by atoms with E-state index in [0.29, 0.717) is 12.1 Å². The Morgan fingerprint density at radius 2 is 2.00 bits per heavy atom. The molecule has 4 nitrogen and oxygen atoms in total. The number of hydrogen-bond acceptors (Lipinski definition) is 3. The standard InChI is InChI=1S/C16H18N2O2/c1-11-8-13(16(20)17-2)6-7-15(11)18-10-12-4-3-5-14(19)9-12/h3-9,18-19H,10H2,1-2H3,(H,17,20). The molecule has 0 fully saturated rings. The number of anilines is 1. The summed E-state index contributed by atoms with van der Waals surface area (Å²) in [5, 5.41) is 15.3. The van der Waals surface area contributed by atoms with Crippen LogP contribution in [0.15, 0.2) is 42.5 Å². The van der Waals surface area contributed by atoms with E-state index in [1.54, 1.807) is 25.2 Å². The van der Waals surface area contributed by atoms with Gasteiger partial charge in [0.05, 0.1) is 0 Å². The number of benzene rings is 2. The Bertz CT molecular complexity index is 624. The van der Waals surface area contributed by atoms with Gasteiger partial charge in [-0.2, -0.15) is 0 Å². The molecular formula is C16H18N2O2. The van der Waals surface area contributed by atoms with E-state index in [2.05, 4.69) is 10.6 Å². The molecule has 0 aromatic heterocycles. The molecule has 20 heavy (non-hydrogen) atoms. The Balaban J connectivity index is 2.08. The first-order valence-corrected chi connectivity index (χ1v) is 6.44. The first kappa shape index (κ1) is 13.9. The molecular weight excluding hydrogens is 252 g/mol. The van der Waals surface area contributed by atoms with E-state index in [-0.39, 0.29) is 11.7 Å². The maximum absolute atomic E-state index is 11.5. The third-order valence-electron chi connectivity index (χ3n) is 3.11. The SMILES string of the molecule is CNC(=O)c1ccc(NCc2cccc(O)c2)c(C)c1. The van der Waals surface area contributed by atoms with Crippen molar-refractivity contribution < 1.29 is 9.90 Å². The molecule has 0 heterocycles. The molecule has 0 saturated heterocycles. The van der Waals surface area contributed by atoms with E-state index in [0.717, 1.165) is 16.8 Å². The summed E-state index contributed by atoms with van der Waals surface area (Å²) in [4.78, 5) is 11.5. The highest BCUT2D eigenvalue weighted by atomic mass is 16.3. The molecule has 4 heteroatoms. The van der Waals surface area contributed by atoms with Gasteiger partial charge in [-0.25, -0.2) is 0 Å². The van der Waals surface area contributed by atoms with Gasteiger partial charge in [-0.15, -0.1) is 0 Å². The van der Waals surface area contributed by atoms with Gasteiger partial charge >= 0.3 is 0 Å². The van der Waals surface area contributed by atoms with Crippen molar-refractivity contribution in [2.24, 2.45) is 0 Å². The van der Waals surface area contributed by atoms with Gasteiger partial charge < -0.3 is 15.7 Å². The van der Waals surface area contributed by atoms with Crippen molar-refractivity contribution in [2.45, 2.75) is 13.5 Å². The van der Waals surface area contributed by atoms with Gasteiger partial charge in [0.15, 0.2) is 0 Å². The van der Waals surface area contributed by atoms with Crippen LogP contribution < -0.4 is 10.6 Å². The molecule has 0 radical (unpaired) electrons. The van der Waals surface area contributed by atoms with Gasteiger partial charge in [0.2, 0.25) is 0 Å². The number of carbonyl (C=O) groups excluding carboxylic acids is 1. The van der Waals surface area contributed by atoms with Crippen LogP contribution in [0.1, 0.15) is 21.5 Å². The summed E-state index contributed by atoms with van der Waals surface area (Å²) < 4.78 is 0. The Hall–Kier alpha value is -2.49. The molecule has 1 amide bonds. The molecule has 0 aliphatic heterocycles. The summed E-state index contributed by atoms with van der Waals surface area (Å²) in [6.07, 6.45) is 0. The Labute approximate surface area is 118 Å². The molecule has 0 aliphatic carbocycles. The zero-order valence-corrected chi connectivity index (χ0v) is 11.6. The predicted octanol–water partition coefficient (Wildman–Crippen LogP) is 2.67. The van der Waals surface area contributed by atoms with Crippen LogP contribution in [-0.2, 0) is 6.54 Å². The van der Waals surface area contributed by atoms with E-state index in [1.165, 1.54) is 0 Å². The quantitative estimate of drug-likeness (QED) is 0.800. The van der Waals surface area contributed by atoms with E-state index in [4.69, 9.17) is 0 Å². The fourth-order valence-electron chi connectivity index (χ4n) is 2.01. The number of phenolic OH excluding ortho intramolecular Hbond substituents is 1. The molecule has 2 aromatic rings. The minimum Gasteiger partial charge on any atom is -0.508 e. The molecule has 2 aromatic carbocycles. The molecule has 0 unspecified atom stereocenters. The number of nitrogens with one attached hydrogen (secondary N) is 2. The van der Waals surface area contributed by atoms with Crippen molar-refractivity contribution in [3.63, 3.8) is 0 Å². The second kappa shape index (κ2) is 6.10. The second-order valence-corrected chi connectivity index (χ2v) is 4.63. The van der Waals surface area contributed by atoms with Crippen molar-refractivity contribution in [1.82, 2.24) is 5.32 Å². The zero-order chi connectivity index (χ0) is 14.5. The van der Waals surface area contributed by atoms with E-state index < -0.39 is 0 Å². The molecule has 104 valence electrons. The topological polar surface area (TPSA) is 61.4 Å². The van der Waals surface area contributed by atoms with Crippen molar-refractivity contribution in [3.05, 3.63) is 59.2 Å². The molecule has 0 saturated carbocycles. The lowest BCUT2D eigenvalue weighted by atomic mass is 10.1. The number of carbonyl (C=O) groups is 1. The van der Waals surface area contributed by atoms with Crippen LogP contribution in [-0.4, -0.2) is 18.1 Å². The van der Waals surface area contributed by atoms with Gasteiger partial charge in [0.1, 0.15) is 5.75 Å². The van der Waals surface area contributed by atoms with E-state index >= 15 is 0 Å². The molecule has 2 rings (SSSR count). The van der Waals surface area contributed by atoms with Crippen LogP contribution in [0.3, 0.4) is 0 Å². The highest BCUT2D eigenvalue weighted by Crippen LogP contribution is 2.18. The summed E-state index contributed by atoms with van der Waals surface area (Å²) >= 11 is 0. The number of hydrogen-bond donors (Lipinski definition) is 3. The average molecular weight is 270 g/mol. The third-order valence-corrected chi connectivity index (χ3v) is 3.11. The number of phenols is 1. The fraction of sp³-hybridized carbons (Fsp3) is 0.188. The number of amides is 1. The third kappa shape index (κ3) is 3.29. The fourth-order valence-corrected chi connectivity index (χ4v) is 2.01. The first-order valence-electron chi connectivity index (χ1n) is 6.44. The summed E-state index contributed by atoms with van der Waals surface area (Å²) in [5.41, 5.74) is 3.62. The summed E-state index contributed by atoms with van der Waals surface area (Å²) in [6.45, 7) is 2.58. The van der Waals surface area contributed by atoms with Crippen LogP contribution in [0.25, 0.3) is 0 Å². The molecule has 0 bridgehead atoms. The number of aryl methyl sites for hydroxylation is 1. The largest absolute Gasteiger partial charge is 0.508 e. The molecule has 0 atom stereocenters. The summed E-state index contributed by atoms with van der Waals surface area (Å²) in [7, 11) is 1.62. The minimum absolute atomic E-state index is 0.0902. The predicted molar refractivity (Wildman–Crippen MR) is 80.0 cm³/mol. The van der Waals surface area contributed by atoms with Crippen molar-refractivity contribution in [1.29, 1.82) is 0 Å². The van der Waals surface area contributed by atoms with Crippen LogP contribution >= 0.6 is 0 Å². The minimum atomic E-state index is -0.0902. The van der Waals surface area contributed by atoms with Gasteiger partial charge in [0.25, 0.3) is 5.91 Å². The van der Waals surface area contributed by atoms with Crippen molar-refractivity contribution in [3.8, 4) is 5.75 Å². The summed E-state index contributed by atoms with van der Waals surface area (Å²) in [5.74, 6) is 0.170. The van der Waals surface area contributed by atoms with Crippen LogP contribution in [0.5, 0.6) is 5.75 Å². The first-order chi connectivity index (χ1) is 9.60. The van der Waals surface area contributed by atoms with Gasteiger partial charge in [-0.3, -0.25) is 4.79 Å². The zero-order valence-electron chi connectivity index (χ0n) is 11.6. The average Bonchev–Trinajstić information content (AvgIpc) is 2.45. The van der Waals surface area contributed by atoms with E-state index in [9.17, 15) is 9.90 Å². The Morgan fingerprint density at radius 1 is 1.20 bits per heavy atom. The van der Waals surface area contributed by atoms with Crippen LogP contribution in [0.4, 0.5) is 5.69 Å². The normalized spacial score (nSPS) is 10.1. The monoisotopic (exact) mass is 270 g/mol. The molecule has 0 aliphatic rings. The lowest BCUT2D eigenvalue weighted by Crippen LogP contribution is -2.17. The lowest BCUT2D eigenvalue weighted by molar-refractivity contribution is 0.0963. The molecule has 0 spiro atoms. The maximum Gasteiger partial charge on any atom is 0.251 e. The lowest BCUT2D eigenvalue weighted by Gasteiger charge is -2.11. The van der Waals surface area contributed by atoms with Crippen LogP contribution in [0, 0.1) is 6.92 Å². The highest BCUT2D eigenvalue weighted by molar-refractivity contribution is 5.94. The van der Waals surface area contributed by atoms with Crippen molar-refractivity contribution >= 4 is 11.6 Å². The van der Waals surface area contributed by atoms with Gasteiger partial charge in [-0.1, -0.05) is 12.1 Å². The second-order valence-electron chi connectivity index (χ2n) is 4.63. The van der Waals surface area contributed by atoms with Gasteiger partial charge in [-0.05, 0) is 48.4 Å². The van der Waals surface area contributed by atoms with Gasteiger partial charge in [0, 0.05) is 24.8 Å². The summed E-state index contributed by atoms with van der Waals surface area (Å²) in [6, 6.07) is 12.7. The highest BCUT2D eigenvalue weighted by Gasteiger charge is 2.05. The number of rotatable bonds is 4. The van der Waals surface area contributed by atoms with Crippen molar-refractivity contribution in [2.75, 3.05) is 12.4 Å². The molecule has 3 N–H and O–H groups in total. The van der Waals surface area contributed by atoms with Crippen LogP contribution in [0.2, 0.25) is 0 Å². The maximum atomic E-state index is 11.5.